The summed E-state index contributed by atoms with van der Waals surface area (Å²) in [6.45, 7) is 16.0. The number of amides is 4. The van der Waals surface area contributed by atoms with E-state index in [1.165, 1.54) is 0 Å². The van der Waals surface area contributed by atoms with Crippen LogP contribution in [-0.4, -0.2) is 23.6 Å². The van der Waals surface area contributed by atoms with Crippen molar-refractivity contribution < 1.29 is 19.2 Å². The van der Waals surface area contributed by atoms with Crippen molar-refractivity contribution >= 4 is 66.7 Å². The van der Waals surface area contributed by atoms with Crippen LogP contribution in [-0.2, 0) is 0 Å². The highest BCUT2D eigenvalue weighted by atomic mass is 16.2. The van der Waals surface area contributed by atoms with Crippen LogP contribution in [0.2, 0.25) is 0 Å². The predicted molar refractivity (Wildman–Crippen MR) is 157 cm³/mol. The second kappa shape index (κ2) is 11.4. The van der Waals surface area contributed by atoms with Gasteiger partial charge in [-0.3, -0.25) is 29.8 Å². The molecule has 2 aliphatic heterocycles. The molecule has 0 aliphatic carbocycles. The van der Waals surface area contributed by atoms with Crippen LogP contribution in [0.5, 0.6) is 0 Å². The summed E-state index contributed by atoms with van der Waals surface area (Å²) in [5, 5.41) is 11.3. The molecular weight excluding hydrogens is 476 g/mol. The van der Waals surface area contributed by atoms with Crippen molar-refractivity contribution in [1.82, 2.24) is 10.6 Å². The average Bonchev–Trinajstić information content (AvgIpc) is 2.98. The van der Waals surface area contributed by atoms with Gasteiger partial charge in [0.25, 0.3) is 23.6 Å². The molecule has 5 aromatic rings. The lowest BCUT2D eigenvalue weighted by atomic mass is 9.83. The van der Waals surface area contributed by atoms with E-state index in [1.54, 1.807) is 24.3 Å². The topological polar surface area (TPSA) is 92.3 Å². The first-order valence-corrected chi connectivity index (χ1v) is 13.5. The lowest BCUT2D eigenvalue weighted by Gasteiger charge is -2.23. The molecule has 2 N–H and O–H groups in total. The largest absolute Gasteiger partial charge is 0.288 e. The van der Waals surface area contributed by atoms with Crippen molar-refractivity contribution in [3.63, 3.8) is 0 Å². The van der Waals surface area contributed by atoms with E-state index >= 15 is 0 Å². The minimum Gasteiger partial charge on any atom is -0.288 e. The predicted octanol–water partition coefficient (Wildman–Crippen LogP) is 7.61. The van der Waals surface area contributed by atoms with Crippen LogP contribution in [0.25, 0.3) is 43.1 Å². The number of carbonyl (C=O) groups is 4. The van der Waals surface area contributed by atoms with Crippen molar-refractivity contribution in [3.05, 3.63) is 70.8 Å². The van der Waals surface area contributed by atoms with E-state index in [1.807, 2.05) is 79.7 Å². The Kier molecular flexibility index (Phi) is 8.46. The molecule has 5 aromatic carbocycles. The van der Waals surface area contributed by atoms with Gasteiger partial charge in [0.15, 0.2) is 0 Å². The zero-order chi connectivity index (χ0) is 28.3. The maximum absolute atomic E-state index is 12.4. The minimum absolute atomic E-state index is 0.408. The van der Waals surface area contributed by atoms with Gasteiger partial charge in [-0.25, -0.2) is 0 Å². The molecule has 0 saturated heterocycles. The molecular formula is C32H34N2O4. The maximum Gasteiger partial charge on any atom is 0.258 e. The molecule has 7 rings (SSSR count). The molecule has 0 atom stereocenters. The van der Waals surface area contributed by atoms with Crippen molar-refractivity contribution in [1.29, 1.82) is 0 Å². The summed E-state index contributed by atoms with van der Waals surface area (Å²) in [7, 11) is 0. The lowest BCUT2D eigenvalue weighted by molar-refractivity contribution is 0.0828. The Morgan fingerprint density at radius 3 is 0.763 bits per heavy atom. The van der Waals surface area contributed by atoms with E-state index < -0.39 is 23.6 Å². The van der Waals surface area contributed by atoms with Gasteiger partial charge in [0.1, 0.15) is 0 Å². The van der Waals surface area contributed by atoms with Crippen molar-refractivity contribution in [2.75, 3.05) is 0 Å². The van der Waals surface area contributed by atoms with Crippen LogP contribution >= 0.6 is 0 Å². The number of fused-ring (bicyclic) bond motifs is 2. The molecule has 0 spiro atoms. The maximum atomic E-state index is 12.4. The Balaban J connectivity index is 0.000000461. The summed E-state index contributed by atoms with van der Waals surface area (Å²) in [6, 6.07) is 14.4. The third-order valence-electron chi connectivity index (χ3n) is 6.33. The van der Waals surface area contributed by atoms with E-state index in [0.717, 1.165) is 32.3 Å². The van der Waals surface area contributed by atoms with Gasteiger partial charge >= 0.3 is 0 Å². The zero-order valence-electron chi connectivity index (χ0n) is 23.3. The number of hydrogen-bond acceptors (Lipinski definition) is 4. The van der Waals surface area contributed by atoms with Crippen LogP contribution < -0.4 is 10.6 Å². The SMILES string of the molecule is CC.CC.CC.CC.O=C1NC(=O)c2ccc3c4ccc5c6c(ccc(c7ccc1c2c73)c64)C(=O)NC5=O. The Morgan fingerprint density at radius 1 is 0.342 bits per heavy atom. The molecule has 0 fully saturated rings. The molecule has 0 unspecified atom stereocenters. The van der Waals surface area contributed by atoms with E-state index in [0.29, 0.717) is 33.0 Å². The minimum atomic E-state index is -0.408. The van der Waals surface area contributed by atoms with Crippen molar-refractivity contribution in [2.24, 2.45) is 0 Å². The normalized spacial score (nSPS) is 12.8. The highest BCUT2D eigenvalue weighted by Gasteiger charge is 2.30. The Bertz CT molecular complexity index is 1470. The molecule has 6 heteroatoms. The zero-order valence-corrected chi connectivity index (χ0v) is 23.3. The fraction of sp³-hybridized carbons (Fsp3) is 0.250. The second-order valence-corrected chi connectivity index (χ2v) is 7.71. The third-order valence-corrected chi connectivity index (χ3v) is 6.33. The van der Waals surface area contributed by atoms with Gasteiger partial charge in [-0.15, -0.1) is 0 Å². The highest BCUT2D eigenvalue weighted by molar-refractivity contribution is 6.41. The van der Waals surface area contributed by atoms with Gasteiger partial charge in [-0.2, -0.15) is 0 Å². The summed E-state index contributed by atoms with van der Waals surface area (Å²) in [5.74, 6) is -1.63. The summed E-state index contributed by atoms with van der Waals surface area (Å²) in [5.41, 5.74) is 1.87. The Morgan fingerprint density at radius 2 is 0.553 bits per heavy atom. The monoisotopic (exact) mass is 510 g/mol. The highest BCUT2D eigenvalue weighted by Crippen LogP contribution is 2.44. The smallest absolute Gasteiger partial charge is 0.258 e. The molecule has 4 amide bonds. The number of nitrogens with one attached hydrogen (secondary N) is 2. The van der Waals surface area contributed by atoms with E-state index in [-0.39, 0.29) is 0 Å². The van der Waals surface area contributed by atoms with Crippen LogP contribution in [0.1, 0.15) is 96.8 Å². The van der Waals surface area contributed by atoms with Crippen LogP contribution in [0.15, 0.2) is 48.5 Å². The third kappa shape index (κ3) is 3.88. The number of hydrogen-bond donors (Lipinski definition) is 2. The molecule has 0 radical (unpaired) electrons. The molecule has 6 nitrogen and oxygen atoms in total. The van der Waals surface area contributed by atoms with E-state index in [9.17, 15) is 19.2 Å². The summed E-state index contributed by atoms with van der Waals surface area (Å²) < 4.78 is 0. The first-order chi connectivity index (χ1) is 18.5. The molecule has 2 aliphatic rings. The van der Waals surface area contributed by atoms with Crippen LogP contribution in [0.3, 0.4) is 0 Å². The average molecular weight is 511 g/mol. The van der Waals surface area contributed by atoms with E-state index in [2.05, 4.69) is 10.6 Å². The van der Waals surface area contributed by atoms with Gasteiger partial charge in [0.05, 0.1) is 0 Å². The Hall–Kier alpha value is -4.32. The second-order valence-electron chi connectivity index (χ2n) is 7.71. The van der Waals surface area contributed by atoms with Gasteiger partial charge in [0.2, 0.25) is 0 Å². The fourth-order valence-electron chi connectivity index (χ4n) is 5.12. The first kappa shape index (κ1) is 28.3. The summed E-state index contributed by atoms with van der Waals surface area (Å²) in [4.78, 5) is 49.8. The summed E-state index contributed by atoms with van der Waals surface area (Å²) in [6.07, 6.45) is 0. The van der Waals surface area contributed by atoms with Crippen LogP contribution in [0.4, 0.5) is 0 Å². The molecule has 0 saturated carbocycles. The summed E-state index contributed by atoms with van der Waals surface area (Å²) >= 11 is 0. The van der Waals surface area contributed by atoms with Gasteiger partial charge in [0, 0.05) is 33.0 Å². The van der Waals surface area contributed by atoms with Crippen molar-refractivity contribution in [3.8, 4) is 0 Å². The molecule has 0 aromatic heterocycles. The van der Waals surface area contributed by atoms with Gasteiger partial charge < -0.3 is 0 Å². The van der Waals surface area contributed by atoms with Gasteiger partial charge in [-0.05, 0) is 56.6 Å². The van der Waals surface area contributed by atoms with Gasteiger partial charge in [-0.1, -0.05) is 79.7 Å². The first-order valence-electron chi connectivity index (χ1n) is 13.5. The fourth-order valence-corrected chi connectivity index (χ4v) is 5.12. The molecule has 2 heterocycles. The lowest BCUT2D eigenvalue weighted by Crippen LogP contribution is -2.35. The number of rotatable bonds is 0. The van der Waals surface area contributed by atoms with Crippen LogP contribution in [0, 0.1) is 0 Å². The quantitative estimate of drug-likeness (QED) is 0.127. The molecule has 196 valence electrons. The molecule has 38 heavy (non-hydrogen) atoms. The number of imide groups is 2. The molecule has 0 bridgehead atoms. The van der Waals surface area contributed by atoms with E-state index in [4.69, 9.17) is 0 Å². The standard InChI is InChI=1S/C24H10N2O4.4C2H6/c27-21-13-5-1-9-10-2-6-15-20-16(24(30)26-23(15)29)8-4-12(18(10)20)11-3-7-14(22(28)25-21)19(13)17(9)11;4*1-2/h1-8H,(H,25,27,28)(H,26,29,30);4*1-2H3. The van der Waals surface area contributed by atoms with Crippen molar-refractivity contribution in [2.45, 2.75) is 55.4 Å². The number of benzene rings is 5. The number of carbonyl (C=O) groups excluding carboxylic acids is 4. The Labute approximate surface area is 222 Å².